The van der Waals surface area contributed by atoms with Crippen molar-refractivity contribution in [2.45, 2.75) is 108 Å². The monoisotopic (exact) mass is 783 g/mol. The number of sulfonamides is 1. The second-order valence-corrected chi connectivity index (χ2v) is 18.5. The third-order valence-corrected chi connectivity index (χ3v) is 13.6. The van der Waals surface area contributed by atoms with Gasteiger partial charge in [0.25, 0.3) is 5.91 Å². The lowest BCUT2D eigenvalue weighted by atomic mass is 9.88. The summed E-state index contributed by atoms with van der Waals surface area (Å²) in [6, 6.07) is 1.91. The van der Waals surface area contributed by atoms with Crippen LogP contribution in [0.5, 0.6) is 11.6 Å². The molecule has 0 bridgehead atoms. The number of alkyl carbamates (subject to hydrolysis) is 1. The van der Waals surface area contributed by atoms with Crippen LogP contribution in [0.3, 0.4) is 0 Å². The highest BCUT2D eigenvalue weighted by atomic mass is 32.2. The summed E-state index contributed by atoms with van der Waals surface area (Å²) in [7, 11) is -2.50. The van der Waals surface area contributed by atoms with Gasteiger partial charge in [0.05, 0.1) is 30.9 Å². The minimum absolute atomic E-state index is 0.0407. The van der Waals surface area contributed by atoms with Crippen LogP contribution in [0.4, 0.5) is 9.18 Å². The van der Waals surface area contributed by atoms with Crippen molar-refractivity contribution in [3.63, 3.8) is 0 Å². The molecule has 3 N–H and O–H groups in total. The number of carbonyl (C=O) groups is 4. The zero-order valence-corrected chi connectivity index (χ0v) is 32.5. The van der Waals surface area contributed by atoms with E-state index in [0.29, 0.717) is 36.5 Å². The fraction of sp³-hybridized carbons (Fsp3) is 0.615. The van der Waals surface area contributed by atoms with Gasteiger partial charge in [0.2, 0.25) is 27.7 Å². The van der Waals surface area contributed by atoms with E-state index >= 15 is 0 Å². The smallest absolute Gasteiger partial charge is 0.407 e. The van der Waals surface area contributed by atoms with E-state index in [9.17, 15) is 32.0 Å². The Labute approximate surface area is 320 Å². The third-order valence-electron chi connectivity index (χ3n) is 11.8. The highest BCUT2D eigenvalue weighted by Gasteiger charge is 2.62. The summed E-state index contributed by atoms with van der Waals surface area (Å²) in [6.45, 7) is 6.08. The van der Waals surface area contributed by atoms with E-state index in [2.05, 4.69) is 27.3 Å². The van der Waals surface area contributed by atoms with Crippen molar-refractivity contribution in [2.24, 2.45) is 23.2 Å². The molecule has 55 heavy (non-hydrogen) atoms. The first-order valence-corrected chi connectivity index (χ1v) is 20.7. The summed E-state index contributed by atoms with van der Waals surface area (Å²) in [5.41, 5.74) is -1.63. The zero-order valence-electron chi connectivity index (χ0n) is 31.6. The number of hydrogen-bond acceptors (Lipinski definition) is 10. The molecule has 1 saturated heterocycles. The van der Waals surface area contributed by atoms with Crippen LogP contribution in [0.15, 0.2) is 36.5 Å². The van der Waals surface area contributed by atoms with Crippen molar-refractivity contribution in [1.82, 2.24) is 25.2 Å². The van der Waals surface area contributed by atoms with Crippen molar-refractivity contribution in [2.75, 3.05) is 20.3 Å². The number of carbonyl (C=O) groups excluding carboxylic acids is 4. The SMILES string of the molecule is COc1cc(F)cc2c(O[C@@H]3C[C@H]4C(=O)N[C@]5(C(=O)NS(=O)(=O)C6CC6)C[C@H]5/C=C\CC[C@@H](C)C[C@@H](C)[C@H](NC(=O)OCC5(C)CC5)C(=O)N4C3)nccc12. The number of amides is 4. The van der Waals surface area contributed by atoms with E-state index in [1.807, 2.05) is 26.0 Å². The van der Waals surface area contributed by atoms with Gasteiger partial charge in [-0.05, 0) is 75.3 Å². The van der Waals surface area contributed by atoms with Gasteiger partial charge in [-0.25, -0.2) is 22.6 Å². The summed E-state index contributed by atoms with van der Waals surface area (Å²) in [4.78, 5) is 61.9. The minimum atomic E-state index is -3.92. The molecule has 0 spiro atoms. The van der Waals surface area contributed by atoms with Crippen LogP contribution < -0.4 is 24.8 Å². The van der Waals surface area contributed by atoms with Gasteiger partial charge >= 0.3 is 6.09 Å². The molecule has 2 aliphatic heterocycles. The number of allylic oxidation sites excluding steroid dienone is 1. The number of pyridine rings is 1. The van der Waals surface area contributed by atoms with Crippen LogP contribution in [0.2, 0.25) is 0 Å². The van der Waals surface area contributed by atoms with Gasteiger partial charge in [0.15, 0.2) is 0 Å². The molecular weight excluding hydrogens is 734 g/mol. The average molecular weight is 784 g/mol. The highest BCUT2D eigenvalue weighted by molar-refractivity contribution is 7.91. The predicted octanol–water partition coefficient (Wildman–Crippen LogP) is 4.12. The molecule has 3 heterocycles. The Balaban J connectivity index is 1.21. The molecule has 0 unspecified atom stereocenters. The lowest BCUT2D eigenvalue weighted by molar-refractivity contribution is -0.142. The summed E-state index contributed by atoms with van der Waals surface area (Å²) >= 11 is 0. The number of aromatic nitrogens is 1. The van der Waals surface area contributed by atoms with Gasteiger partial charge in [-0.1, -0.05) is 32.9 Å². The number of fused-ring (bicyclic) bond motifs is 3. The van der Waals surface area contributed by atoms with Crippen LogP contribution in [-0.4, -0.2) is 91.4 Å². The van der Waals surface area contributed by atoms with Crippen LogP contribution in [0.1, 0.15) is 78.6 Å². The molecule has 4 fully saturated rings. The second kappa shape index (κ2) is 14.9. The molecule has 3 aliphatic carbocycles. The summed E-state index contributed by atoms with van der Waals surface area (Å²) < 4.78 is 59.9. The van der Waals surface area contributed by atoms with Gasteiger partial charge in [-0.2, -0.15) is 0 Å². The molecule has 7 atom stereocenters. The van der Waals surface area contributed by atoms with Crippen molar-refractivity contribution >= 4 is 44.6 Å². The number of halogens is 1. The molecule has 14 nitrogen and oxygen atoms in total. The normalized spacial score (nSPS) is 31.1. The number of benzene rings is 1. The first-order valence-electron chi connectivity index (χ1n) is 19.2. The maximum atomic E-state index is 14.8. The maximum Gasteiger partial charge on any atom is 0.407 e. The first kappa shape index (κ1) is 38.8. The van der Waals surface area contributed by atoms with E-state index in [0.717, 1.165) is 19.3 Å². The van der Waals surface area contributed by atoms with Crippen molar-refractivity contribution in [3.8, 4) is 11.6 Å². The van der Waals surface area contributed by atoms with E-state index in [4.69, 9.17) is 14.2 Å². The Bertz CT molecular complexity index is 2000. The van der Waals surface area contributed by atoms with Gasteiger partial charge in [-0.15, -0.1) is 0 Å². The van der Waals surface area contributed by atoms with Crippen molar-refractivity contribution in [1.29, 1.82) is 0 Å². The van der Waals surface area contributed by atoms with Gasteiger partial charge in [0.1, 0.15) is 35.3 Å². The van der Waals surface area contributed by atoms with E-state index in [1.54, 1.807) is 6.07 Å². The van der Waals surface area contributed by atoms with Gasteiger partial charge in [0, 0.05) is 35.4 Å². The molecular formula is C39H50FN5O9S. The first-order chi connectivity index (χ1) is 26.1. The number of rotatable bonds is 9. The van der Waals surface area contributed by atoms with Crippen LogP contribution in [-0.2, 0) is 29.1 Å². The van der Waals surface area contributed by atoms with E-state index in [1.165, 1.54) is 30.3 Å². The number of methoxy groups -OCH3 is 1. The van der Waals surface area contributed by atoms with Crippen LogP contribution in [0.25, 0.3) is 10.8 Å². The number of hydrogen-bond donors (Lipinski definition) is 3. The lowest BCUT2D eigenvalue weighted by Gasteiger charge is -2.32. The standard InChI is InChI=1S/C39H50FN5O9S/c1-22-7-5-6-8-24-19-39(24,36(48)44-55(50,51)27-9-10-27)43-33(46)30-18-26(54-34-29-16-25(40)17-31(52-4)28(29)11-14-41-34)20-45(30)35(47)32(23(2)15-22)42-37(49)53-21-38(3)12-13-38/h6,8,11,14,16-17,22-24,26-27,30,32H,5,7,9-10,12-13,15,18-21H2,1-4H3,(H,42,49)(H,43,46)(H,44,48)/b8-6-/t22-,23-,24-,26-,30+,32+,39-/m1/s1. The minimum Gasteiger partial charge on any atom is -0.496 e. The van der Waals surface area contributed by atoms with Crippen LogP contribution >= 0.6 is 0 Å². The molecule has 1 aromatic heterocycles. The Morgan fingerprint density at radius 2 is 1.87 bits per heavy atom. The van der Waals surface area contributed by atoms with Crippen LogP contribution in [0, 0.1) is 29.0 Å². The van der Waals surface area contributed by atoms with Crippen molar-refractivity contribution in [3.05, 3.63) is 42.4 Å². The summed E-state index contributed by atoms with van der Waals surface area (Å²) in [5.74, 6) is -2.95. The van der Waals surface area contributed by atoms with E-state index in [-0.39, 0.29) is 54.9 Å². The summed E-state index contributed by atoms with van der Waals surface area (Å²) in [5, 5.41) is 5.89. The zero-order chi connectivity index (χ0) is 39.3. The maximum absolute atomic E-state index is 14.8. The molecule has 1 aromatic carbocycles. The summed E-state index contributed by atoms with van der Waals surface area (Å²) in [6.07, 6.45) is 8.64. The molecule has 3 saturated carbocycles. The predicted molar refractivity (Wildman–Crippen MR) is 199 cm³/mol. The number of nitrogens with zero attached hydrogens (tertiary/aromatic N) is 2. The average Bonchev–Trinajstić information content (AvgIpc) is 4.08. The van der Waals surface area contributed by atoms with Gasteiger partial charge < -0.3 is 29.7 Å². The molecule has 2 aromatic rings. The lowest BCUT2D eigenvalue weighted by Crippen LogP contribution is -2.59. The quantitative estimate of drug-likeness (QED) is 0.313. The Morgan fingerprint density at radius 1 is 1.11 bits per heavy atom. The molecule has 298 valence electrons. The third kappa shape index (κ3) is 8.38. The molecule has 4 amide bonds. The molecule has 16 heteroatoms. The fourth-order valence-corrected chi connectivity index (χ4v) is 9.24. The largest absolute Gasteiger partial charge is 0.496 e. The Hall–Kier alpha value is -4.47. The Kier molecular flexibility index (Phi) is 10.5. The molecule has 0 radical (unpaired) electrons. The number of ether oxygens (including phenoxy) is 3. The Morgan fingerprint density at radius 3 is 2.58 bits per heavy atom. The fourth-order valence-electron chi connectivity index (χ4n) is 7.88. The number of nitrogens with one attached hydrogen (secondary N) is 3. The van der Waals surface area contributed by atoms with E-state index < -0.39 is 74.5 Å². The molecule has 5 aliphatic rings. The van der Waals surface area contributed by atoms with Gasteiger partial charge in [-0.3, -0.25) is 19.1 Å². The topological polar surface area (TPSA) is 182 Å². The highest BCUT2D eigenvalue weighted by Crippen LogP contribution is 2.47. The molecule has 7 rings (SSSR count). The van der Waals surface area contributed by atoms with Crippen molar-refractivity contribution < 1.29 is 46.2 Å². The second-order valence-electron chi connectivity index (χ2n) is 16.6.